The molecule has 0 heterocycles. The van der Waals surface area contributed by atoms with Gasteiger partial charge in [0, 0.05) is 15.8 Å². The fourth-order valence-corrected chi connectivity index (χ4v) is 2.11. The fraction of sp³-hybridized carbons (Fsp3) is 0.400. The van der Waals surface area contributed by atoms with Crippen LogP contribution in [0.1, 0.15) is 18.6 Å². The Morgan fingerprint density at radius 1 is 1.57 bits per heavy atom. The zero-order valence-corrected chi connectivity index (χ0v) is 10.2. The van der Waals surface area contributed by atoms with Crippen LogP contribution >= 0.6 is 27.7 Å². The van der Waals surface area contributed by atoms with Crippen LogP contribution in [0.5, 0.6) is 0 Å². The van der Waals surface area contributed by atoms with Gasteiger partial charge in [0.05, 0.1) is 6.10 Å². The molecular weight excluding hydrogens is 267 g/mol. The molecule has 1 aromatic rings. The zero-order chi connectivity index (χ0) is 10.6. The van der Waals surface area contributed by atoms with Crippen LogP contribution in [-0.4, -0.2) is 16.6 Å². The normalized spacial score (nSPS) is 12.9. The number of halogens is 2. The minimum Gasteiger partial charge on any atom is -0.387 e. The molecule has 1 rings (SSSR count). The lowest BCUT2D eigenvalue weighted by atomic mass is 10.1. The molecule has 0 saturated heterocycles. The highest BCUT2D eigenvalue weighted by atomic mass is 79.9. The summed E-state index contributed by atoms with van der Waals surface area (Å²) in [6.07, 6.45) is -0.725. The van der Waals surface area contributed by atoms with E-state index in [1.165, 1.54) is 6.07 Å². The van der Waals surface area contributed by atoms with E-state index in [9.17, 15) is 9.50 Å². The average molecular weight is 279 g/mol. The van der Waals surface area contributed by atoms with Crippen LogP contribution in [0.25, 0.3) is 0 Å². The van der Waals surface area contributed by atoms with Crippen LogP contribution in [0.3, 0.4) is 0 Å². The Balaban J connectivity index is 2.77. The maximum absolute atomic E-state index is 13.3. The third-order valence-electron chi connectivity index (χ3n) is 1.80. The number of rotatable bonds is 4. The molecule has 0 radical (unpaired) electrons. The lowest BCUT2D eigenvalue weighted by Crippen LogP contribution is -2.03. The minimum absolute atomic E-state index is 0.350. The molecule has 0 aliphatic carbocycles. The van der Waals surface area contributed by atoms with Gasteiger partial charge < -0.3 is 5.11 Å². The summed E-state index contributed by atoms with van der Waals surface area (Å²) in [5, 5.41) is 9.68. The Labute approximate surface area is 95.8 Å². The second-order valence-electron chi connectivity index (χ2n) is 2.84. The molecule has 1 atom stereocenters. The maximum atomic E-state index is 13.3. The molecule has 1 N–H and O–H groups in total. The van der Waals surface area contributed by atoms with Gasteiger partial charge in [0.1, 0.15) is 5.82 Å². The molecule has 0 aliphatic heterocycles. The molecule has 4 heteroatoms. The first-order valence-electron chi connectivity index (χ1n) is 4.36. The summed E-state index contributed by atoms with van der Waals surface area (Å²) in [4.78, 5) is 0. The van der Waals surface area contributed by atoms with Gasteiger partial charge >= 0.3 is 0 Å². The van der Waals surface area contributed by atoms with Crippen LogP contribution in [0, 0.1) is 5.82 Å². The second-order valence-corrected chi connectivity index (χ2v) is 5.08. The first-order valence-corrected chi connectivity index (χ1v) is 6.30. The van der Waals surface area contributed by atoms with E-state index >= 15 is 0 Å². The fourth-order valence-electron chi connectivity index (χ4n) is 1.09. The highest BCUT2D eigenvalue weighted by Crippen LogP contribution is 2.24. The molecule has 78 valence electrons. The number of aliphatic hydroxyl groups excluding tert-OH is 1. The van der Waals surface area contributed by atoms with Crippen molar-refractivity contribution in [3.8, 4) is 0 Å². The third-order valence-corrected chi connectivity index (χ3v) is 3.25. The first-order chi connectivity index (χ1) is 6.65. The quantitative estimate of drug-likeness (QED) is 0.911. The second kappa shape index (κ2) is 5.73. The summed E-state index contributed by atoms with van der Waals surface area (Å²) in [7, 11) is 0. The van der Waals surface area contributed by atoms with E-state index < -0.39 is 6.10 Å². The Hall–Kier alpha value is -0.0600. The molecule has 1 aromatic carbocycles. The van der Waals surface area contributed by atoms with Crippen LogP contribution in [-0.2, 0) is 0 Å². The largest absolute Gasteiger partial charge is 0.387 e. The highest BCUT2D eigenvalue weighted by Gasteiger charge is 2.12. The van der Waals surface area contributed by atoms with E-state index in [2.05, 4.69) is 15.9 Å². The summed E-state index contributed by atoms with van der Waals surface area (Å²) >= 11 is 4.84. The topological polar surface area (TPSA) is 20.2 Å². The van der Waals surface area contributed by atoms with Crippen molar-refractivity contribution in [2.75, 3.05) is 11.5 Å². The van der Waals surface area contributed by atoms with Gasteiger partial charge in [-0.25, -0.2) is 4.39 Å². The van der Waals surface area contributed by atoms with Gasteiger partial charge in [-0.05, 0) is 24.0 Å². The smallest absolute Gasteiger partial charge is 0.129 e. The molecule has 0 aromatic heterocycles. The average Bonchev–Trinajstić information content (AvgIpc) is 2.18. The molecule has 0 fully saturated rings. The monoisotopic (exact) mass is 278 g/mol. The molecule has 0 aliphatic rings. The Kier molecular flexibility index (Phi) is 4.92. The number of aliphatic hydroxyl groups is 1. The molecule has 1 nitrogen and oxygen atoms in total. The Morgan fingerprint density at radius 2 is 2.29 bits per heavy atom. The molecule has 0 bridgehead atoms. The van der Waals surface area contributed by atoms with Gasteiger partial charge in [-0.1, -0.05) is 22.9 Å². The molecular formula is C10H12BrFOS. The Morgan fingerprint density at radius 3 is 2.93 bits per heavy atom. The van der Waals surface area contributed by atoms with Gasteiger partial charge in [0.2, 0.25) is 0 Å². The summed E-state index contributed by atoms with van der Waals surface area (Å²) in [5.41, 5.74) is 0.361. The number of hydrogen-bond acceptors (Lipinski definition) is 2. The molecule has 1 unspecified atom stereocenters. The lowest BCUT2D eigenvalue weighted by molar-refractivity contribution is 0.199. The summed E-state index contributed by atoms with van der Waals surface area (Å²) < 4.78 is 14.0. The number of benzene rings is 1. The number of thioether (sulfide) groups is 1. The van der Waals surface area contributed by atoms with E-state index in [4.69, 9.17) is 0 Å². The molecule has 0 saturated carbocycles. The van der Waals surface area contributed by atoms with Crippen molar-refractivity contribution in [1.82, 2.24) is 0 Å². The lowest BCUT2D eigenvalue weighted by Gasteiger charge is -2.11. The summed E-state index contributed by atoms with van der Waals surface area (Å²) in [6, 6.07) is 4.61. The van der Waals surface area contributed by atoms with Crippen molar-refractivity contribution in [2.24, 2.45) is 0 Å². The van der Waals surface area contributed by atoms with Crippen molar-refractivity contribution in [2.45, 2.75) is 13.0 Å². The third kappa shape index (κ3) is 3.26. The van der Waals surface area contributed by atoms with Crippen LogP contribution in [0.4, 0.5) is 4.39 Å². The Bertz CT molecular complexity index is 306. The molecule has 0 spiro atoms. The van der Waals surface area contributed by atoms with E-state index in [0.717, 1.165) is 10.2 Å². The van der Waals surface area contributed by atoms with Gasteiger partial charge in [0.15, 0.2) is 0 Å². The van der Waals surface area contributed by atoms with E-state index in [1.807, 2.05) is 6.92 Å². The van der Waals surface area contributed by atoms with Crippen molar-refractivity contribution in [3.63, 3.8) is 0 Å². The van der Waals surface area contributed by atoms with Crippen LogP contribution < -0.4 is 0 Å². The molecule has 0 amide bonds. The number of hydrogen-bond donors (Lipinski definition) is 1. The van der Waals surface area contributed by atoms with Gasteiger partial charge in [-0.3, -0.25) is 0 Å². The van der Waals surface area contributed by atoms with E-state index in [-0.39, 0.29) is 5.82 Å². The maximum Gasteiger partial charge on any atom is 0.129 e. The van der Waals surface area contributed by atoms with E-state index in [0.29, 0.717) is 11.3 Å². The van der Waals surface area contributed by atoms with Crippen LogP contribution in [0.2, 0.25) is 0 Å². The van der Waals surface area contributed by atoms with Crippen molar-refractivity contribution in [1.29, 1.82) is 0 Å². The molecule has 14 heavy (non-hydrogen) atoms. The summed E-state index contributed by atoms with van der Waals surface area (Å²) in [6.45, 7) is 2.01. The minimum atomic E-state index is -0.725. The first kappa shape index (κ1) is 12.0. The highest BCUT2D eigenvalue weighted by molar-refractivity contribution is 9.10. The summed E-state index contributed by atoms with van der Waals surface area (Å²) in [5.74, 6) is 1.11. The van der Waals surface area contributed by atoms with Gasteiger partial charge in [-0.15, -0.1) is 0 Å². The predicted octanol–water partition coefficient (Wildman–Crippen LogP) is 3.37. The van der Waals surface area contributed by atoms with E-state index in [1.54, 1.807) is 23.9 Å². The van der Waals surface area contributed by atoms with Crippen molar-refractivity contribution < 1.29 is 9.50 Å². The van der Waals surface area contributed by atoms with Gasteiger partial charge in [0.25, 0.3) is 0 Å². The van der Waals surface area contributed by atoms with Crippen molar-refractivity contribution in [3.05, 3.63) is 34.1 Å². The van der Waals surface area contributed by atoms with Crippen LogP contribution in [0.15, 0.2) is 22.7 Å². The predicted molar refractivity (Wildman–Crippen MR) is 62.1 cm³/mol. The van der Waals surface area contributed by atoms with Gasteiger partial charge in [-0.2, -0.15) is 11.8 Å². The van der Waals surface area contributed by atoms with Crippen molar-refractivity contribution >= 4 is 27.7 Å². The zero-order valence-electron chi connectivity index (χ0n) is 7.84. The standard InChI is InChI=1S/C10H12BrFOS/c1-2-14-6-10(13)8-5-7(11)3-4-9(8)12/h3-5,10,13H,2,6H2,1H3. The SMILES string of the molecule is CCSCC(O)c1cc(Br)ccc1F.